The Morgan fingerprint density at radius 3 is 2.72 bits per heavy atom. The Bertz CT molecular complexity index is 397. The number of aliphatic hydroxyl groups is 1. The third-order valence-electron chi connectivity index (χ3n) is 3.43. The van der Waals surface area contributed by atoms with Gasteiger partial charge in [0.2, 0.25) is 0 Å². The molecule has 0 radical (unpaired) electrons. The van der Waals surface area contributed by atoms with Crippen molar-refractivity contribution in [3.63, 3.8) is 0 Å². The number of carbonyl (C=O) groups excluding carboxylic acids is 1. The lowest BCUT2D eigenvalue weighted by atomic mass is 10.1. The molecule has 0 aliphatic heterocycles. The van der Waals surface area contributed by atoms with Crippen molar-refractivity contribution in [1.82, 2.24) is 0 Å². The molecule has 1 aliphatic rings. The molecule has 2 atom stereocenters. The van der Waals surface area contributed by atoms with Crippen LogP contribution in [-0.4, -0.2) is 17.7 Å². The number of benzene rings is 1. The molecule has 2 unspecified atom stereocenters. The van der Waals surface area contributed by atoms with Crippen molar-refractivity contribution in [3.05, 3.63) is 35.4 Å². The highest BCUT2D eigenvalue weighted by Gasteiger charge is 2.45. The predicted molar refractivity (Wildman–Crippen MR) is 69.1 cm³/mol. The van der Waals surface area contributed by atoms with Gasteiger partial charge in [0, 0.05) is 0 Å². The van der Waals surface area contributed by atoms with E-state index in [2.05, 4.69) is 6.92 Å². The van der Waals surface area contributed by atoms with Gasteiger partial charge in [-0.2, -0.15) is 0 Å². The first-order valence-corrected chi connectivity index (χ1v) is 6.62. The second kappa shape index (κ2) is 6.01. The Morgan fingerprint density at radius 1 is 1.39 bits per heavy atom. The molecule has 0 bridgehead atoms. The zero-order chi connectivity index (χ0) is 13.0. The first-order valence-electron chi connectivity index (χ1n) is 6.62. The zero-order valence-corrected chi connectivity index (χ0v) is 10.8. The number of hydrogen-bond acceptors (Lipinski definition) is 3. The third kappa shape index (κ3) is 3.10. The first kappa shape index (κ1) is 13.1. The van der Waals surface area contributed by atoms with Crippen LogP contribution in [0.2, 0.25) is 0 Å². The van der Waals surface area contributed by atoms with Gasteiger partial charge in [-0.1, -0.05) is 37.6 Å². The Morgan fingerprint density at radius 2 is 2.11 bits per heavy atom. The summed E-state index contributed by atoms with van der Waals surface area (Å²) in [4.78, 5) is 11.7. The molecule has 0 spiro atoms. The van der Waals surface area contributed by atoms with Crippen LogP contribution in [0.5, 0.6) is 0 Å². The molecule has 1 aromatic carbocycles. The first-order chi connectivity index (χ1) is 8.76. The van der Waals surface area contributed by atoms with E-state index in [1.54, 1.807) is 0 Å². The minimum atomic E-state index is -0.0558. The highest BCUT2D eigenvalue weighted by Crippen LogP contribution is 2.48. The molecule has 1 saturated carbocycles. The number of hydrogen-bond donors (Lipinski definition) is 1. The van der Waals surface area contributed by atoms with Crippen LogP contribution in [-0.2, 0) is 16.1 Å². The summed E-state index contributed by atoms with van der Waals surface area (Å²) in [5.41, 5.74) is 2.08. The van der Waals surface area contributed by atoms with Gasteiger partial charge in [-0.3, -0.25) is 4.79 Å². The summed E-state index contributed by atoms with van der Waals surface area (Å²) in [6.45, 7) is 2.69. The fourth-order valence-corrected chi connectivity index (χ4v) is 2.12. The van der Waals surface area contributed by atoms with Crippen molar-refractivity contribution in [1.29, 1.82) is 0 Å². The standard InChI is InChI=1S/C15H20O3/c1-2-3-8-18-15(17)14-9-13(14)12-6-4-11(10-16)5-7-12/h4-7,13-14,16H,2-3,8-10H2,1H3. The van der Waals surface area contributed by atoms with Crippen molar-refractivity contribution in [2.75, 3.05) is 6.61 Å². The largest absolute Gasteiger partial charge is 0.465 e. The maximum absolute atomic E-state index is 11.7. The Hall–Kier alpha value is -1.35. The molecule has 0 heterocycles. The van der Waals surface area contributed by atoms with Crippen molar-refractivity contribution in [2.45, 2.75) is 38.7 Å². The molecule has 0 saturated heterocycles. The average molecular weight is 248 g/mol. The molecule has 1 aromatic rings. The van der Waals surface area contributed by atoms with E-state index in [9.17, 15) is 4.79 Å². The van der Waals surface area contributed by atoms with Gasteiger partial charge in [0.05, 0.1) is 19.1 Å². The average Bonchev–Trinajstić information content (AvgIpc) is 3.19. The predicted octanol–water partition coefficient (Wildman–Crippen LogP) is 2.63. The lowest BCUT2D eigenvalue weighted by Crippen LogP contribution is -2.08. The lowest BCUT2D eigenvalue weighted by Gasteiger charge is -2.04. The minimum Gasteiger partial charge on any atom is -0.465 e. The van der Waals surface area contributed by atoms with Crippen LogP contribution in [0.4, 0.5) is 0 Å². The fraction of sp³-hybridized carbons (Fsp3) is 0.533. The SMILES string of the molecule is CCCCOC(=O)C1CC1c1ccc(CO)cc1. The quantitative estimate of drug-likeness (QED) is 0.622. The van der Waals surface area contributed by atoms with Crippen molar-refractivity contribution in [3.8, 4) is 0 Å². The second-order valence-electron chi connectivity index (χ2n) is 4.87. The van der Waals surface area contributed by atoms with Gasteiger partial charge in [-0.15, -0.1) is 0 Å². The molecule has 0 amide bonds. The van der Waals surface area contributed by atoms with Gasteiger partial charge in [-0.25, -0.2) is 0 Å². The van der Waals surface area contributed by atoms with Crippen LogP contribution in [0.3, 0.4) is 0 Å². The summed E-state index contributed by atoms with van der Waals surface area (Å²) in [5, 5.41) is 8.97. The lowest BCUT2D eigenvalue weighted by molar-refractivity contribution is -0.145. The molecule has 2 rings (SSSR count). The Balaban J connectivity index is 1.84. The Labute approximate surface area is 108 Å². The molecule has 18 heavy (non-hydrogen) atoms. The van der Waals surface area contributed by atoms with Crippen molar-refractivity contribution in [2.24, 2.45) is 5.92 Å². The Kier molecular flexibility index (Phi) is 4.37. The molecule has 1 fully saturated rings. The number of ether oxygens (including phenoxy) is 1. The van der Waals surface area contributed by atoms with Gasteiger partial charge < -0.3 is 9.84 Å². The summed E-state index contributed by atoms with van der Waals surface area (Å²) in [5.74, 6) is 0.299. The molecule has 1 aliphatic carbocycles. The van der Waals surface area contributed by atoms with E-state index in [0.29, 0.717) is 12.5 Å². The normalized spacial score (nSPS) is 21.7. The van der Waals surface area contributed by atoms with Crippen LogP contribution in [0, 0.1) is 5.92 Å². The van der Waals surface area contributed by atoms with Crippen LogP contribution >= 0.6 is 0 Å². The summed E-state index contributed by atoms with van der Waals surface area (Å²) < 4.78 is 5.22. The number of unbranched alkanes of at least 4 members (excludes halogenated alkanes) is 1. The van der Waals surface area contributed by atoms with Gasteiger partial charge in [-0.05, 0) is 29.9 Å². The molecule has 1 N–H and O–H groups in total. The molecule has 0 aromatic heterocycles. The minimum absolute atomic E-state index is 0.0434. The highest BCUT2D eigenvalue weighted by atomic mass is 16.5. The summed E-state index contributed by atoms with van der Waals surface area (Å²) in [7, 11) is 0. The zero-order valence-electron chi connectivity index (χ0n) is 10.8. The number of carbonyl (C=O) groups is 1. The summed E-state index contributed by atoms with van der Waals surface area (Å²) in [6.07, 6.45) is 2.88. The number of aliphatic hydroxyl groups excluding tert-OH is 1. The van der Waals surface area contributed by atoms with E-state index in [4.69, 9.17) is 9.84 Å². The molecular weight excluding hydrogens is 228 g/mol. The van der Waals surface area contributed by atoms with Crippen molar-refractivity contribution < 1.29 is 14.6 Å². The van der Waals surface area contributed by atoms with Crippen molar-refractivity contribution >= 4 is 5.97 Å². The maximum Gasteiger partial charge on any atom is 0.309 e. The molecule has 3 heteroatoms. The highest BCUT2D eigenvalue weighted by molar-refractivity contribution is 5.77. The molecule has 98 valence electrons. The summed E-state index contributed by atoms with van der Waals surface area (Å²) >= 11 is 0. The van der Waals surface area contributed by atoms with Gasteiger partial charge in [0.15, 0.2) is 0 Å². The maximum atomic E-state index is 11.7. The van der Waals surface area contributed by atoms with Crippen LogP contribution < -0.4 is 0 Å². The van der Waals surface area contributed by atoms with E-state index in [-0.39, 0.29) is 18.5 Å². The van der Waals surface area contributed by atoms with E-state index >= 15 is 0 Å². The van der Waals surface area contributed by atoms with E-state index in [0.717, 1.165) is 24.8 Å². The van der Waals surface area contributed by atoms with Gasteiger partial charge >= 0.3 is 5.97 Å². The van der Waals surface area contributed by atoms with E-state index in [1.165, 1.54) is 5.56 Å². The second-order valence-corrected chi connectivity index (χ2v) is 4.87. The molecular formula is C15H20O3. The fourth-order valence-electron chi connectivity index (χ4n) is 2.12. The van der Waals surface area contributed by atoms with Crippen LogP contribution in [0.1, 0.15) is 43.2 Å². The van der Waals surface area contributed by atoms with Crippen LogP contribution in [0.15, 0.2) is 24.3 Å². The van der Waals surface area contributed by atoms with E-state index in [1.807, 2.05) is 24.3 Å². The topological polar surface area (TPSA) is 46.5 Å². The van der Waals surface area contributed by atoms with Gasteiger partial charge in [0.25, 0.3) is 0 Å². The molecule has 3 nitrogen and oxygen atoms in total. The van der Waals surface area contributed by atoms with E-state index < -0.39 is 0 Å². The third-order valence-corrected chi connectivity index (χ3v) is 3.43. The summed E-state index contributed by atoms with van der Waals surface area (Å²) in [6, 6.07) is 7.81. The number of rotatable bonds is 6. The van der Waals surface area contributed by atoms with Gasteiger partial charge in [0.1, 0.15) is 0 Å². The monoisotopic (exact) mass is 248 g/mol. The smallest absolute Gasteiger partial charge is 0.309 e. The number of esters is 1. The van der Waals surface area contributed by atoms with Crippen LogP contribution in [0.25, 0.3) is 0 Å².